The van der Waals surface area contributed by atoms with Gasteiger partial charge in [-0.2, -0.15) is 0 Å². The zero-order valence-corrected chi connectivity index (χ0v) is 14.8. The van der Waals surface area contributed by atoms with E-state index in [4.69, 9.17) is 13.9 Å². The fraction of sp³-hybridized carbons (Fsp3) is 0.100. The van der Waals surface area contributed by atoms with Crippen LogP contribution in [0.4, 0.5) is 0 Å². The molecule has 0 saturated carbocycles. The molecular weight excluding hydrogens is 350 g/mol. The van der Waals surface area contributed by atoms with E-state index < -0.39 is 5.97 Å². The topological polar surface area (TPSA) is 61.6 Å². The summed E-state index contributed by atoms with van der Waals surface area (Å²) < 4.78 is 16.0. The maximum absolute atomic E-state index is 11.8. The molecule has 0 aliphatic carbocycles. The normalized spacial score (nSPS) is 10.8. The van der Waals surface area contributed by atoms with Crippen molar-refractivity contribution in [1.29, 1.82) is 0 Å². The highest BCUT2D eigenvalue weighted by atomic mass is 32.1. The fourth-order valence-corrected chi connectivity index (χ4v) is 2.73. The van der Waals surface area contributed by atoms with Gasteiger partial charge in [0.25, 0.3) is 0 Å². The third kappa shape index (κ3) is 4.94. The Bertz CT molecular complexity index is 879. The standard InChI is InChI=1S/C20H17NO4S/c1-2-11-23-17-8-5-15(6-9-17)7-10-19(22)24-13-16-14-25-20(21-16)18-4-3-12-26-18/h2-10,12,14H,1,11,13H2/b10-7+. The molecule has 6 heteroatoms. The lowest BCUT2D eigenvalue weighted by atomic mass is 10.2. The molecule has 0 aliphatic heterocycles. The van der Waals surface area contributed by atoms with Crippen LogP contribution >= 0.6 is 11.3 Å². The van der Waals surface area contributed by atoms with Crippen LogP contribution in [-0.2, 0) is 16.1 Å². The fourth-order valence-electron chi connectivity index (χ4n) is 2.07. The third-order valence-corrected chi connectivity index (χ3v) is 4.16. The van der Waals surface area contributed by atoms with E-state index in [-0.39, 0.29) is 6.61 Å². The van der Waals surface area contributed by atoms with E-state index in [2.05, 4.69) is 11.6 Å². The van der Waals surface area contributed by atoms with E-state index in [1.54, 1.807) is 12.2 Å². The molecule has 2 aromatic heterocycles. The maximum atomic E-state index is 11.8. The highest BCUT2D eigenvalue weighted by Crippen LogP contribution is 2.23. The molecule has 0 spiro atoms. The molecule has 3 rings (SSSR count). The molecular formula is C20H17NO4S. The van der Waals surface area contributed by atoms with Gasteiger partial charge in [-0.25, -0.2) is 9.78 Å². The van der Waals surface area contributed by atoms with Gasteiger partial charge in [0.2, 0.25) is 5.89 Å². The van der Waals surface area contributed by atoms with Gasteiger partial charge in [0.15, 0.2) is 0 Å². The number of benzene rings is 1. The summed E-state index contributed by atoms with van der Waals surface area (Å²) in [5.74, 6) is 0.829. The van der Waals surface area contributed by atoms with Crippen LogP contribution in [0.5, 0.6) is 5.75 Å². The third-order valence-electron chi connectivity index (χ3n) is 3.31. The van der Waals surface area contributed by atoms with Crippen LogP contribution in [0, 0.1) is 0 Å². The van der Waals surface area contributed by atoms with Crippen molar-refractivity contribution in [2.24, 2.45) is 0 Å². The maximum Gasteiger partial charge on any atom is 0.331 e. The average molecular weight is 367 g/mol. The van der Waals surface area contributed by atoms with Crippen molar-refractivity contribution in [2.75, 3.05) is 6.61 Å². The largest absolute Gasteiger partial charge is 0.490 e. The summed E-state index contributed by atoms with van der Waals surface area (Å²) >= 11 is 1.54. The number of carbonyl (C=O) groups is 1. The Kier molecular flexibility index (Phi) is 6.01. The smallest absolute Gasteiger partial charge is 0.331 e. The highest BCUT2D eigenvalue weighted by molar-refractivity contribution is 7.13. The molecule has 0 N–H and O–H groups in total. The van der Waals surface area contributed by atoms with E-state index in [0.29, 0.717) is 18.2 Å². The van der Waals surface area contributed by atoms with Gasteiger partial charge in [0, 0.05) is 6.08 Å². The van der Waals surface area contributed by atoms with Gasteiger partial charge in [0.1, 0.15) is 30.9 Å². The van der Waals surface area contributed by atoms with Crippen molar-refractivity contribution in [3.63, 3.8) is 0 Å². The lowest BCUT2D eigenvalue weighted by Crippen LogP contribution is -2.00. The molecule has 0 unspecified atom stereocenters. The lowest BCUT2D eigenvalue weighted by molar-refractivity contribution is -0.139. The summed E-state index contributed by atoms with van der Waals surface area (Å²) in [5.41, 5.74) is 1.44. The van der Waals surface area contributed by atoms with Gasteiger partial charge in [-0.1, -0.05) is 30.9 Å². The molecule has 0 bridgehead atoms. The number of ether oxygens (including phenoxy) is 2. The predicted octanol–water partition coefficient (Wildman–Crippen LogP) is 4.72. The van der Waals surface area contributed by atoms with E-state index in [1.807, 2.05) is 41.8 Å². The zero-order valence-electron chi connectivity index (χ0n) is 14.0. The van der Waals surface area contributed by atoms with Gasteiger partial charge in [-0.15, -0.1) is 11.3 Å². The van der Waals surface area contributed by atoms with Crippen LogP contribution in [0.3, 0.4) is 0 Å². The van der Waals surface area contributed by atoms with Gasteiger partial charge in [-0.05, 0) is 35.2 Å². The van der Waals surface area contributed by atoms with Crippen molar-refractivity contribution in [1.82, 2.24) is 4.98 Å². The average Bonchev–Trinajstić information content (AvgIpc) is 3.35. The van der Waals surface area contributed by atoms with Crippen LogP contribution in [0.25, 0.3) is 16.8 Å². The van der Waals surface area contributed by atoms with Gasteiger partial charge >= 0.3 is 5.97 Å². The number of hydrogen-bond acceptors (Lipinski definition) is 6. The molecule has 0 saturated heterocycles. The minimum absolute atomic E-state index is 0.0619. The number of rotatable bonds is 8. The minimum atomic E-state index is -0.447. The van der Waals surface area contributed by atoms with Gasteiger partial charge in [-0.3, -0.25) is 0 Å². The molecule has 0 aliphatic rings. The Labute approximate surface area is 155 Å². The Balaban J connectivity index is 1.49. The van der Waals surface area contributed by atoms with E-state index in [0.717, 1.165) is 16.2 Å². The Hall–Kier alpha value is -3.12. The quantitative estimate of drug-likeness (QED) is 0.327. The summed E-state index contributed by atoms with van der Waals surface area (Å²) in [6, 6.07) is 11.2. The molecule has 3 aromatic rings. The van der Waals surface area contributed by atoms with E-state index >= 15 is 0 Å². The summed E-state index contributed by atoms with van der Waals surface area (Å²) in [5, 5.41) is 1.95. The van der Waals surface area contributed by atoms with Gasteiger partial charge < -0.3 is 13.9 Å². The Morgan fingerprint density at radius 3 is 2.85 bits per heavy atom. The molecule has 0 fully saturated rings. The predicted molar refractivity (Wildman–Crippen MR) is 101 cm³/mol. The Morgan fingerprint density at radius 1 is 1.27 bits per heavy atom. The number of carbonyl (C=O) groups excluding carboxylic acids is 1. The monoisotopic (exact) mass is 367 g/mol. The van der Waals surface area contributed by atoms with Crippen LogP contribution < -0.4 is 4.74 Å². The van der Waals surface area contributed by atoms with Crippen molar-refractivity contribution < 1.29 is 18.7 Å². The minimum Gasteiger partial charge on any atom is -0.490 e. The molecule has 132 valence electrons. The van der Waals surface area contributed by atoms with Crippen molar-refractivity contribution in [2.45, 2.75) is 6.61 Å². The first kappa shape index (κ1) is 17.7. The van der Waals surface area contributed by atoms with Crippen LogP contribution in [0.2, 0.25) is 0 Å². The molecule has 0 amide bonds. The second kappa shape index (κ2) is 8.82. The molecule has 0 atom stereocenters. The summed E-state index contributed by atoms with van der Waals surface area (Å²) in [4.78, 5) is 17.1. The van der Waals surface area contributed by atoms with E-state index in [1.165, 1.54) is 23.7 Å². The molecule has 0 radical (unpaired) electrons. The summed E-state index contributed by atoms with van der Waals surface area (Å²) in [6.07, 6.45) is 6.23. The molecule has 26 heavy (non-hydrogen) atoms. The Morgan fingerprint density at radius 2 is 2.12 bits per heavy atom. The molecule has 2 heterocycles. The lowest BCUT2D eigenvalue weighted by Gasteiger charge is -2.02. The van der Waals surface area contributed by atoms with Gasteiger partial charge in [0.05, 0.1) is 4.88 Å². The SMILES string of the molecule is C=CCOc1ccc(/C=C/C(=O)OCc2coc(-c3cccs3)n2)cc1. The number of oxazole rings is 1. The number of thiophene rings is 1. The first-order valence-electron chi connectivity index (χ1n) is 7.91. The van der Waals surface area contributed by atoms with Crippen molar-refractivity contribution >= 4 is 23.4 Å². The first-order chi connectivity index (χ1) is 12.7. The number of hydrogen-bond donors (Lipinski definition) is 0. The number of aromatic nitrogens is 1. The number of nitrogens with zero attached hydrogens (tertiary/aromatic N) is 1. The van der Waals surface area contributed by atoms with E-state index in [9.17, 15) is 4.79 Å². The van der Waals surface area contributed by atoms with Crippen LogP contribution in [0.15, 0.2) is 71.2 Å². The first-order valence-corrected chi connectivity index (χ1v) is 8.79. The highest BCUT2D eigenvalue weighted by Gasteiger charge is 2.08. The second-order valence-electron chi connectivity index (χ2n) is 5.23. The van der Waals surface area contributed by atoms with Crippen molar-refractivity contribution in [3.05, 3.63) is 78.0 Å². The zero-order chi connectivity index (χ0) is 18.2. The van der Waals surface area contributed by atoms with Crippen LogP contribution in [0.1, 0.15) is 11.3 Å². The van der Waals surface area contributed by atoms with Crippen molar-refractivity contribution in [3.8, 4) is 16.5 Å². The van der Waals surface area contributed by atoms with Crippen LogP contribution in [-0.4, -0.2) is 17.6 Å². The summed E-state index contributed by atoms with van der Waals surface area (Å²) in [6.45, 7) is 4.12. The second-order valence-corrected chi connectivity index (χ2v) is 6.18. The number of esters is 1. The summed E-state index contributed by atoms with van der Waals surface area (Å²) in [7, 11) is 0. The molecule has 5 nitrogen and oxygen atoms in total. The molecule has 1 aromatic carbocycles.